The number of rotatable bonds is 4. The molecule has 0 aliphatic heterocycles. The Morgan fingerprint density at radius 3 is 2.72 bits per heavy atom. The summed E-state index contributed by atoms with van der Waals surface area (Å²) in [6.07, 6.45) is 0. The number of hydrogen-bond donors (Lipinski definition) is 1. The van der Waals surface area contributed by atoms with Crippen LogP contribution in [-0.4, -0.2) is 18.0 Å². The van der Waals surface area contributed by atoms with Gasteiger partial charge in [0.1, 0.15) is 11.3 Å². The van der Waals surface area contributed by atoms with Gasteiger partial charge in [0.2, 0.25) is 5.89 Å². The summed E-state index contributed by atoms with van der Waals surface area (Å²) in [7, 11) is 1.44. The van der Waals surface area contributed by atoms with E-state index in [1.807, 2.05) is 24.3 Å². The number of nitrogens with zero attached hydrogens (tertiary/aromatic N) is 1. The van der Waals surface area contributed by atoms with Gasteiger partial charge in [0.05, 0.1) is 17.7 Å². The van der Waals surface area contributed by atoms with Crippen molar-refractivity contribution in [1.29, 1.82) is 0 Å². The molecule has 0 saturated heterocycles. The number of ether oxygens (including phenoxy) is 1. The average molecular weight is 492 g/mol. The molecule has 4 rings (SSSR count). The monoisotopic (exact) mass is 490 g/mol. The van der Waals surface area contributed by atoms with Crippen LogP contribution in [-0.2, 0) is 0 Å². The van der Waals surface area contributed by atoms with Gasteiger partial charge in [-0.2, -0.15) is 0 Å². The molecular formula is C21H13BrCl2N2O3. The van der Waals surface area contributed by atoms with E-state index < -0.39 is 5.91 Å². The summed E-state index contributed by atoms with van der Waals surface area (Å²) in [4.78, 5) is 17.3. The number of hydrogen-bond acceptors (Lipinski definition) is 4. The van der Waals surface area contributed by atoms with Crippen LogP contribution in [0.2, 0.25) is 10.0 Å². The minimum absolute atomic E-state index is 0.236. The molecule has 29 heavy (non-hydrogen) atoms. The van der Waals surface area contributed by atoms with Gasteiger partial charge < -0.3 is 14.5 Å². The zero-order valence-corrected chi connectivity index (χ0v) is 18.1. The van der Waals surface area contributed by atoms with Crippen molar-refractivity contribution in [3.63, 3.8) is 0 Å². The second-order valence-corrected chi connectivity index (χ2v) is 7.89. The van der Waals surface area contributed by atoms with Gasteiger partial charge in [-0.1, -0.05) is 45.2 Å². The van der Waals surface area contributed by atoms with E-state index in [9.17, 15) is 4.79 Å². The molecule has 8 heteroatoms. The number of nitrogens with one attached hydrogen (secondary N) is 1. The van der Waals surface area contributed by atoms with Gasteiger partial charge in [-0.3, -0.25) is 4.79 Å². The average Bonchev–Trinajstić information content (AvgIpc) is 3.11. The number of anilines is 1. The van der Waals surface area contributed by atoms with Crippen LogP contribution in [0.25, 0.3) is 22.6 Å². The first kappa shape index (κ1) is 19.8. The fourth-order valence-electron chi connectivity index (χ4n) is 2.89. The van der Waals surface area contributed by atoms with Gasteiger partial charge in [0.25, 0.3) is 5.91 Å². The molecule has 0 radical (unpaired) electrons. The summed E-state index contributed by atoms with van der Waals surface area (Å²) in [5.74, 6) is 0.349. The van der Waals surface area contributed by atoms with E-state index in [0.717, 1.165) is 10.0 Å². The highest BCUT2D eigenvalue weighted by atomic mass is 79.9. The number of benzene rings is 3. The Kier molecular flexibility index (Phi) is 5.50. The maximum Gasteiger partial charge on any atom is 0.259 e. The van der Waals surface area contributed by atoms with Crippen LogP contribution in [0.5, 0.6) is 5.75 Å². The highest BCUT2D eigenvalue weighted by molar-refractivity contribution is 9.10. The second kappa shape index (κ2) is 8.06. The number of carbonyl (C=O) groups excluding carboxylic acids is 1. The fraction of sp³-hybridized carbons (Fsp3) is 0.0476. The third-order valence-corrected chi connectivity index (χ3v) is 5.17. The topological polar surface area (TPSA) is 64.4 Å². The molecule has 1 heterocycles. The quantitative estimate of drug-likeness (QED) is 0.340. The molecule has 1 N–H and O–H groups in total. The Hall–Kier alpha value is -2.54. The maximum absolute atomic E-state index is 12.7. The lowest BCUT2D eigenvalue weighted by Gasteiger charge is -2.11. The molecule has 3 aromatic carbocycles. The second-order valence-electron chi connectivity index (χ2n) is 6.13. The molecule has 0 unspecified atom stereocenters. The number of halogens is 3. The van der Waals surface area contributed by atoms with Crippen molar-refractivity contribution in [2.24, 2.45) is 0 Å². The smallest absolute Gasteiger partial charge is 0.259 e. The van der Waals surface area contributed by atoms with Gasteiger partial charge in [0, 0.05) is 20.7 Å². The Morgan fingerprint density at radius 1 is 1.14 bits per heavy atom. The van der Waals surface area contributed by atoms with Gasteiger partial charge in [-0.15, -0.1) is 0 Å². The molecule has 1 aromatic heterocycles. The molecule has 0 atom stereocenters. The highest BCUT2D eigenvalue weighted by Crippen LogP contribution is 2.33. The fourth-order valence-corrected chi connectivity index (χ4v) is 3.85. The van der Waals surface area contributed by atoms with Crippen LogP contribution in [0.15, 0.2) is 63.5 Å². The van der Waals surface area contributed by atoms with E-state index in [4.69, 9.17) is 32.4 Å². The first-order chi connectivity index (χ1) is 13.9. The molecule has 5 nitrogen and oxygen atoms in total. The highest BCUT2D eigenvalue weighted by Gasteiger charge is 2.18. The van der Waals surface area contributed by atoms with Crippen molar-refractivity contribution in [3.05, 3.63) is 74.7 Å². The van der Waals surface area contributed by atoms with E-state index in [-0.39, 0.29) is 16.3 Å². The number of methoxy groups -OCH3 is 1. The minimum atomic E-state index is -0.402. The van der Waals surface area contributed by atoms with E-state index in [2.05, 4.69) is 26.2 Å². The number of aromatic nitrogens is 1. The third kappa shape index (κ3) is 4.10. The van der Waals surface area contributed by atoms with E-state index in [0.29, 0.717) is 27.7 Å². The molecular weight excluding hydrogens is 479 g/mol. The third-order valence-electron chi connectivity index (χ3n) is 4.17. The largest absolute Gasteiger partial charge is 0.494 e. The summed E-state index contributed by atoms with van der Waals surface area (Å²) in [6, 6.07) is 15.9. The Labute approximate surface area is 184 Å². The van der Waals surface area contributed by atoms with E-state index >= 15 is 0 Å². The van der Waals surface area contributed by atoms with E-state index in [1.54, 1.807) is 18.2 Å². The van der Waals surface area contributed by atoms with Crippen LogP contribution in [0.1, 0.15) is 10.4 Å². The lowest BCUT2D eigenvalue weighted by molar-refractivity contribution is 0.102. The molecule has 0 spiro atoms. The first-order valence-electron chi connectivity index (χ1n) is 8.45. The number of fused-ring (bicyclic) bond motifs is 1. The molecule has 4 aromatic rings. The van der Waals surface area contributed by atoms with Gasteiger partial charge >= 0.3 is 0 Å². The summed E-state index contributed by atoms with van der Waals surface area (Å²) in [5, 5.41) is 3.41. The van der Waals surface area contributed by atoms with Crippen molar-refractivity contribution in [1.82, 2.24) is 4.98 Å². The van der Waals surface area contributed by atoms with E-state index in [1.165, 1.54) is 19.2 Å². The van der Waals surface area contributed by atoms with Crippen molar-refractivity contribution in [3.8, 4) is 17.2 Å². The number of carbonyl (C=O) groups is 1. The Bertz CT molecular complexity index is 1240. The summed E-state index contributed by atoms with van der Waals surface area (Å²) < 4.78 is 12.0. The SMILES string of the molecule is COc1c(Cl)cc(Cl)cc1C(=O)Nc1ccc2oc(-c3cccc(Br)c3)nc2c1. The Morgan fingerprint density at radius 2 is 1.97 bits per heavy atom. The molecule has 146 valence electrons. The van der Waals surface area contributed by atoms with Gasteiger partial charge in [0.15, 0.2) is 5.58 Å². The molecule has 0 bridgehead atoms. The standard InChI is InChI=1S/C21H13BrCl2N2O3/c1-28-19-15(8-13(23)9-16(19)24)20(27)25-14-5-6-18-17(10-14)26-21(29-18)11-3-2-4-12(22)7-11/h2-10H,1H3,(H,25,27). The summed E-state index contributed by atoms with van der Waals surface area (Å²) >= 11 is 15.6. The lowest BCUT2D eigenvalue weighted by Crippen LogP contribution is -2.13. The van der Waals surface area contributed by atoms with Crippen molar-refractivity contribution >= 4 is 61.8 Å². The predicted molar refractivity (Wildman–Crippen MR) is 118 cm³/mol. The van der Waals surface area contributed by atoms with Crippen LogP contribution < -0.4 is 10.1 Å². The predicted octanol–water partition coefficient (Wildman–Crippen LogP) is 6.83. The van der Waals surface area contributed by atoms with Crippen molar-refractivity contribution in [2.75, 3.05) is 12.4 Å². The van der Waals surface area contributed by atoms with Gasteiger partial charge in [-0.05, 0) is 48.5 Å². The summed E-state index contributed by atoms with van der Waals surface area (Å²) in [5.41, 5.74) is 2.87. The molecule has 0 aliphatic rings. The van der Waals surface area contributed by atoms with Crippen LogP contribution in [0, 0.1) is 0 Å². The van der Waals surface area contributed by atoms with Crippen molar-refractivity contribution < 1.29 is 13.9 Å². The lowest BCUT2D eigenvalue weighted by atomic mass is 10.1. The van der Waals surface area contributed by atoms with Crippen LogP contribution in [0.4, 0.5) is 5.69 Å². The zero-order chi connectivity index (χ0) is 20.5. The molecule has 1 amide bonds. The van der Waals surface area contributed by atoms with Crippen LogP contribution in [0.3, 0.4) is 0 Å². The number of amides is 1. The normalized spacial score (nSPS) is 10.9. The zero-order valence-electron chi connectivity index (χ0n) is 15.0. The Balaban J connectivity index is 1.65. The van der Waals surface area contributed by atoms with Crippen LogP contribution >= 0.6 is 39.1 Å². The van der Waals surface area contributed by atoms with Crippen molar-refractivity contribution in [2.45, 2.75) is 0 Å². The molecule has 0 aliphatic carbocycles. The molecule has 0 saturated carbocycles. The summed E-state index contributed by atoms with van der Waals surface area (Å²) in [6.45, 7) is 0. The number of oxazole rings is 1. The minimum Gasteiger partial charge on any atom is -0.494 e. The van der Waals surface area contributed by atoms with Gasteiger partial charge in [-0.25, -0.2) is 4.98 Å². The molecule has 0 fully saturated rings. The first-order valence-corrected chi connectivity index (χ1v) is 10.0. The maximum atomic E-state index is 12.7.